The van der Waals surface area contributed by atoms with Gasteiger partial charge in [-0.1, -0.05) is 18.2 Å². The van der Waals surface area contributed by atoms with Gasteiger partial charge < -0.3 is 10.1 Å². The zero-order chi connectivity index (χ0) is 17.0. The maximum Gasteiger partial charge on any atom is 0.272 e. The van der Waals surface area contributed by atoms with Crippen molar-refractivity contribution in [1.82, 2.24) is 0 Å². The number of aryl methyl sites for hydroxylation is 2. The molecule has 0 spiro atoms. The molecule has 0 aromatic heterocycles. The molecule has 0 fully saturated rings. The third-order valence-electron chi connectivity index (χ3n) is 3.45. The Morgan fingerprint density at radius 1 is 1.17 bits per heavy atom. The topological polar surface area (TPSA) is 81.5 Å². The van der Waals surface area contributed by atoms with Crippen molar-refractivity contribution in [2.75, 3.05) is 5.32 Å². The van der Waals surface area contributed by atoms with E-state index in [-0.39, 0.29) is 11.6 Å². The van der Waals surface area contributed by atoms with Crippen LogP contribution in [0.15, 0.2) is 42.5 Å². The number of rotatable bonds is 5. The Morgan fingerprint density at radius 3 is 2.48 bits per heavy atom. The highest BCUT2D eigenvalue weighted by Crippen LogP contribution is 2.24. The van der Waals surface area contributed by atoms with Crippen LogP contribution in [0.1, 0.15) is 18.1 Å². The summed E-state index contributed by atoms with van der Waals surface area (Å²) >= 11 is 0. The number of carbonyl (C=O) groups excluding carboxylic acids is 1. The van der Waals surface area contributed by atoms with Crippen LogP contribution < -0.4 is 10.1 Å². The van der Waals surface area contributed by atoms with E-state index in [0.29, 0.717) is 11.3 Å². The molecule has 2 rings (SSSR count). The van der Waals surface area contributed by atoms with Gasteiger partial charge in [0, 0.05) is 17.3 Å². The molecule has 1 N–H and O–H groups in total. The first kappa shape index (κ1) is 16.5. The Hall–Kier alpha value is -2.89. The normalized spacial score (nSPS) is 11.6. The van der Waals surface area contributed by atoms with E-state index in [9.17, 15) is 14.9 Å². The third kappa shape index (κ3) is 4.06. The van der Waals surface area contributed by atoms with Crippen LogP contribution in [-0.4, -0.2) is 16.9 Å². The van der Waals surface area contributed by atoms with Gasteiger partial charge in [0.1, 0.15) is 5.75 Å². The van der Waals surface area contributed by atoms with E-state index in [4.69, 9.17) is 4.74 Å². The third-order valence-corrected chi connectivity index (χ3v) is 3.45. The van der Waals surface area contributed by atoms with Crippen molar-refractivity contribution in [3.05, 3.63) is 63.7 Å². The molecule has 1 atom stereocenters. The van der Waals surface area contributed by atoms with Crippen LogP contribution in [-0.2, 0) is 4.79 Å². The lowest BCUT2D eigenvalue weighted by Gasteiger charge is -2.16. The number of nitro groups is 1. The molecule has 0 radical (unpaired) electrons. The van der Waals surface area contributed by atoms with Crippen LogP contribution in [0.4, 0.5) is 11.4 Å². The highest BCUT2D eigenvalue weighted by atomic mass is 16.6. The number of anilines is 1. The summed E-state index contributed by atoms with van der Waals surface area (Å²) in [6, 6.07) is 11.9. The summed E-state index contributed by atoms with van der Waals surface area (Å²) in [5.74, 6) is 0.135. The Kier molecular flexibility index (Phi) is 4.95. The lowest BCUT2D eigenvalue weighted by atomic mass is 10.2. The molecule has 0 heterocycles. The van der Waals surface area contributed by atoms with Gasteiger partial charge in [0.25, 0.3) is 11.6 Å². The summed E-state index contributed by atoms with van der Waals surface area (Å²) in [4.78, 5) is 22.5. The highest BCUT2D eigenvalue weighted by Gasteiger charge is 2.17. The van der Waals surface area contributed by atoms with Gasteiger partial charge in [0.05, 0.1) is 4.92 Å². The zero-order valence-electron chi connectivity index (χ0n) is 13.2. The number of amides is 1. The van der Waals surface area contributed by atoms with Crippen molar-refractivity contribution in [1.29, 1.82) is 0 Å². The van der Waals surface area contributed by atoms with Crippen LogP contribution in [0.3, 0.4) is 0 Å². The SMILES string of the molecule is Cc1ccccc1NC(=O)[C@H](C)Oc1ccc([N+](=O)[O-])c(C)c1. The number of nitrogens with zero attached hydrogens (tertiary/aromatic N) is 1. The molecule has 0 aliphatic carbocycles. The smallest absolute Gasteiger partial charge is 0.272 e. The van der Waals surface area contributed by atoms with Crippen LogP contribution in [0.25, 0.3) is 0 Å². The number of hydrogen-bond donors (Lipinski definition) is 1. The highest BCUT2D eigenvalue weighted by molar-refractivity contribution is 5.94. The number of para-hydroxylation sites is 1. The zero-order valence-corrected chi connectivity index (χ0v) is 13.2. The van der Waals surface area contributed by atoms with Gasteiger partial charge in [-0.3, -0.25) is 14.9 Å². The minimum Gasteiger partial charge on any atom is -0.481 e. The Bertz CT molecular complexity index is 743. The van der Waals surface area contributed by atoms with Crippen LogP contribution in [0.5, 0.6) is 5.75 Å². The number of benzene rings is 2. The van der Waals surface area contributed by atoms with Crippen molar-refractivity contribution >= 4 is 17.3 Å². The fourth-order valence-electron chi connectivity index (χ4n) is 2.11. The van der Waals surface area contributed by atoms with Crippen LogP contribution in [0.2, 0.25) is 0 Å². The summed E-state index contributed by atoms with van der Waals surface area (Å²) in [5.41, 5.74) is 2.19. The number of carbonyl (C=O) groups is 1. The quantitative estimate of drug-likeness (QED) is 0.675. The Balaban J connectivity index is 2.05. The van der Waals surface area contributed by atoms with E-state index in [1.165, 1.54) is 12.1 Å². The number of hydrogen-bond acceptors (Lipinski definition) is 4. The summed E-state index contributed by atoms with van der Waals surface area (Å²) in [5, 5.41) is 13.6. The van der Waals surface area contributed by atoms with E-state index < -0.39 is 11.0 Å². The molecule has 2 aromatic rings. The van der Waals surface area contributed by atoms with E-state index in [0.717, 1.165) is 11.3 Å². The van der Waals surface area contributed by atoms with E-state index in [2.05, 4.69) is 5.32 Å². The number of nitrogens with one attached hydrogen (secondary N) is 1. The monoisotopic (exact) mass is 314 g/mol. The van der Waals surface area contributed by atoms with Crippen molar-refractivity contribution in [3.8, 4) is 5.75 Å². The van der Waals surface area contributed by atoms with Gasteiger partial charge in [-0.25, -0.2) is 0 Å². The van der Waals surface area contributed by atoms with Crippen molar-refractivity contribution < 1.29 is 14.5 Å². The largest absolute Gasteiger partial charge is 0.481 e. The molecule has 0 bridgehead atoms. The van der Waals surface area contributed by atoms with Gasteiger partial charge >= 0.3 is 0 Å². The second-order valence-electron chi connectivity index (χ2n) is 5.27. The van der Waals surface area contributed by atoms with Gasteiger partial charge in [0.2, 0.25) is 0 Å². The maximum atomic E-state index is 12.2. The average molecular weight is 314 g/mol. The molecule has 6 heteroatoms. The predicted molar refractivity (Wildman–Crippen MR) is 87.7 cm³/mol. The molecular formula is C17H18N2O4. The van der Waals surface area contributed by atoms with Gasteiger partial charge in [-0.05, 0) is 44.5 Å². The second-order valence-corrected chi connectivity index (χ2v) is 5.27. The molecule has 0 saturated heterocycles. The first-order valence-electron chi connectivity index (χ1n) is 7.16. The molecule has 120 valence electrons. The van der Waals surface area contributed by atoms with Crippen molar-refractivity contribution in [3.63, 3.8) is 0 Å². The van der Waals surface area contributed by atoms with Gasteiger partial charge in [-0.2, -0.15) is 0 Å². The van der Waals surface area contributed by atoms with Gasteiger partial charge in [0.15, 0.2) is 6.10 Å². The van der Waals surface area contributed by atoms with Crippen molar-refractivity contribution in [2.24, 2.45) is 0 Å². The molecule has 1 amide bonds. The molecular weight excluding hydrogens is 296 g/mol. The second kappa shape index (κ2) is 6.91. The maximum absolute atomic E-state index is 12.2. The molecule has 2 aromatic carbocycles. The lowest BCUT2D eigenvalue weighted by Crippen LogP contribution is -2.30. The summed E-state index contributed by atoms with van der Waals surface area (Å²) in [7, 11) is 0. The van der Waals surface area contributed by atoms with E-state index in [1.54, 1.807) is 19.9 Å². The number of ether oxygens (including phenoxy) is 1. The summed E-state index contributed by atoms with van der Waals surface area (Å²) in [6.07, 6.45) is -0.726. The van der Waals surface area contributed by atoms with Crippen LogP contribution >= 0.6 is 0 Å². The van der Waals surface area contributed by atoms with Crippen LogP contribution in [0, 0.1) is 24.0 Å². The predicted octanol–water partition coefficient (Wildman–Crippen LogP) is 3.62. The van der Waals surface area contributed by atoms with E-state index in [1.807, 2.05) is 31.2 Å². The minimum atomic E-state index is -0.726. The fourth-order valence-corrected chi connectivity index (χ4v) is 2.11. The molecule has 6 nitrogen and oxygen atoms in total. The van der Waals surface area contributed by atoms with Gasteiger partial charge in [-0.15, -0.1) is 0 Å². The lowest BCUT2D eigenvalue weighted by molar-refractivity contribution is -0.385. The molecule has 0 saturated carbocycles. The number of nitro benzene ring substituents is 1. The molecule has 0 unspecified atom stereocenters. The Morgan fingerprint density at radius 2 is 1.87 bits per heavy atom. The first-order valence-corrected chi connectivity index (χ1v) is 7.16. The fraction of sp³-hybridized carbons (Fsp3) is 0.235. The molecule has 23 heavy (non-hydrogen) atoms. The van der Waals surface area contributed by atoms with Crippen molar-refractivity contribution in [2.45, 2.75) is 26.9 Å². The first-order chi connectivity index (χ1) is 10.9. The Labute approximate surface area is 134 Å². The average Bonchev–Trinajstić information content (AvgIpc) is 2.49. The molecule has 0 aliphatic rings. The minimum absolute atomic E-state index is 0.0226. The summed E-state index contributed by atoms with van der Waals surface area (Å²) < 4.78 is 5.57. The van der Waals surface area contributed by atoms with E-state index >= 15 is 0 Å². The summed E-state index contributed by atoms with van der Waals surface area (Å²) in [6.45, 7) is 5.16. The molecule has 0 aliphatic heterocycles. The standard InChI is InChI=1S/C17H18N2O4/c1-11-6-4-5-7-15(11)18-17(20)13(3)23-14-8-9-16(19(21)22)12(2)10-14/h4-10,13H,1-3H3,(H,18,20)/t13-/m0/s1.